The molecule has 0 spiro atoms. The maximum absolute atomic E-state index is 11.5. The number of thioether (sulfide) groups is 1. The molecule has 0 heterocycles. The summed E-state index contributed by atoms with van der Waals surface area (Å²) in [6.45, 7) is 1.86. The predicted octanol–water partition coefficient (Wildman–Crippen LogP) is 1.96. The maximum atomic E-state index is 11.5. The highest BCUT2D eigenvalue weighted by molar-refractivity contribution is 7.99. The Bertz CT molecular complexity index is 328. The molecule has 1 unspecified atom stereocenters. The third-order valence-corrected chi connectivity index (χ3v) is 2.86. The summed E-state index contributed by atoms with van der Waals surface area (Å²) >= 11 is 1.51. The van der Waals surface area contributed by atoms with Crippen LogP contribution in [0.25, 0.3) is 0 Å². The van der Waals surface area contributed by atoms with Gasteiger partial charge in [-0.1, -0.05) is 12.1 Å². The third kappa shape index (κ3) is 2.67. The van der Waals surface area contributed by atoms with Crippen LogP contribution in [0.5, 0.6) is 0 Å². The van der Waals surface area contributed by atoms with E-state index in [-0.39, 0.29) is 11.2 Å². The molecule has 3 N–H and O–H groups in total. The SMILES string of the molecule is CSC(C)C(=O)Nc1ccccc1N. The van der Waals surface area contributed by atoms with Crippen molar-refractivity contribution in [2.75, 3.05) is 17.3 Å². The number of hydrogen-bond acceptors (Lipinski definition) is 3. The first-order valence-corrected chi connectivity index (χ1v) is 5.62. The molecule has 0 aliphatic rings. The van der Waals surface area contributed by atoms with Gasteiger partial charge in [-0.25, -0.2) is 0 Å². The number of anilines is 2. The normalized spacial score (nSPS) is 12.1. The topological polar surface area (TPSA) is 55.1 Å². The lowest BCUT2D eigenvalue weighted by Gasteiger charge is -2.10. The molecule has 0 fully saturated rings. The monoisotopic (exact) mass is 210 g/mol. The van der Waals surface area contributed by atoms with Crippen LogP contribution in [0.15, 0.2) is 24.3 Å². The van der Waals surface area contributed by atoms with Gasteiger partial charge in [0, 0.05) is 0 Å². The summed E-state index contributed by atoms with van der Waals surface area (Å²) in [5.41, 5.74) is 6.96. The molecule has 1 aromatic rings. The van der Waals surface area contributed by atoms with Crippen molar-refractivity contribution in [3.8, 4) is 0 Å². The second kappa shape index (κ2) is 4.91. The van der Waals surface area contributed by atoms with Crippen molar-refractivity contribution in [1.82, 2.24) is 0 Å². The Morgan fingerprint density at radius 2 is 2.14 bits per heavy atom. The van der Waals surface area contributed by atoms with E-state index >= 15 is 0 Å². The zero-order chi connectivity index (χ0) is 10.6. The average molecular weight is 210 g/mol. The van der Waals surface area contributed by atoms with E-state index in [1.807, 2.05) is 25.3 Å². The van der Waals surface area contributed by atoms with Gasteiger partial charge in [0.25, 0.3) is 0 Å². The average Bonchev–Trinajstić information content (AvgIpc) is 2.20. The first kappa shape index (κ1) is 10.9. The molecule has 0 aromatic heterocycles. The van der Waals surface area contributed by atoms with Gasteiger partial charge in [0.1, 0.15) is 0 Å². The van der Waals surface area contributed by atoms with Gasteiger partial charge in [-0.3, -0.25) is 4.79 Å². The summed E-state index contributed by atoms with van der Waals surface area (Å²) in [6, 6.07) is 7.23. The number of hydrogen-bond donors (Lipinski definition) is 2. The van der Waals surface area contributed by atoms with E-state index in [4.69, 9.17) is 5.73 Å². The van der Waals surface area contributed by atoms with Crippen LogP contribution < -0.4 is 11.1 Å². The van der Waals surface area contributed by atoms with Crippen LogP contribution in [0.3, 0.4) is 0 Å². The summed E-state index contributed by atoms with van der Waals surface area (Å²) in [5.74, 6) is -0.0181. The zero-order valence-electron chi connectivity index (χ0n) is 8.28. The Morgan fingerprint density at radius 3 is 2.71 bits per heavy atom. The summed E-state index contributed by atoms with van der Waals surface area (Å²) in [7, 11) is 0. The second-order valence-corrected chi connectivity index (χ2v) is 4.13. The molecule has 0 saturated heterocycles. The van der Waals surface area contributed by atoms with E-state index in [1.165, 1.54) is 11.8 Å². The molecule has 1 rings (SSSR count). The molecule has 0 saturated carbocycles. The van der Waals surface area contributed by atoms with E-state index < -0.39 is 0 Å². The number of nitrogens with one attached hydrogen (secondary N) is 1. The lowest BCUT2D eigenvalue weighted by Crippen LogP contribution is -2.22. The summed E-state index contributed by atoms with van der Waals surface area (Å²) in [5, 5.41) is 2.72. The molecule has 0 bridgehead atoms. The Morgan fingerprint density at radius 1 is 1.50 bits per heavy atom. The van der Waals surface area contributed by atoms with Crippen molar-refractivity contribution in [2.24, 2.45) is 0 Å². The number of carbonyl (C=O) groups is 1. The fourth-order valence-corrected chi connectivity index (χ4v) is 1.23. The van der Waals surface area contributed by atoms with Crippen LogP contribution in [0.2, 0.25) is 0 Å². The fourth-order valence-electron chi connectivity index (χ4n) is 0.952. The minimum atomic E-state index is -0.0605. The molecule has 3 nitrogen and oxygen atoms in total. The van der Waals surface area contributed by atoms with Gasteiger partial charge in [0.15, 0.2) is 0 Å². The fraction of sp³-hybridized carbons (Fsp3) is 0.300. The first-order chi connectivity index (χ1) is 6.65. The van der Waals surface area contributed by atoms with Crippen LogP contribution in [0, 0.1) is 0 Å². The van der Waals surface area contributed by atoms with Crippen LogP contribution in [0.4, 0.5) is 11.4 Å². The molecule has 0 radical (unpaired) electrons. The highest BCUT2D eigenvalue weighted by atomic mass is 32.2. The van der Waals surface area contributed by atoms with Crippen LogP contribution >= 0.6 is 11.8 Å². The molecule has 4 heteroatoms. The highest BCUT2D eigenvalue weighted by Crippen LogP contribution is 2.18. The minimum absolute atomic E-state index is 0.0181. The van der Waals surface area contributed by atoms with E-state index in [0.29, 0.717) is 11.4 Å². The molecule has 1 aromatic carbocycles. The molecule has 76 valence electrons. The number of nitrogen functional groups attached to an aromatic ring is 1. The van der Waals surface area contributed by atoms with E-state index in [2.05, 4.69) is 5.32 Å². The largest absolute Gasteiger partial charge is 0.397 e. The van der Waals surface area contributed by atoms with Gasteiger partial charge in [0.2, 0.25) is 5.91 Å². The van der Waals surface area contributed by atoms with Crippen LogP contribution in [-0.2, 0) is 4.79 Å². The number of rotatable bonds is 3. The third-order valence-electron chi connectivity index (χ3n) is 1.94. The molecular formula is C10H14N2OS. The Hall–Kier alpha value is -1.16. The Kier molecular flexibility index (Phi) is 3.83. The van der Waals surface area contributed by atoms with Crippen LogP contribution in [-0.4, -0.2) is 17.4 Å². The minimum Gasteiger partial charge on any atom is -0.397 e. The summed E-state index contributed by atoms with van der Waals surface area (Å²) in [6.07, 6.45) is 1.90. The molecule has 0 aliphatic heterocycles. The first-order valence-electron chi connectivity index (χ1n) is 4.33. The number of carbonyl (C=O) groups excluding carboxylic acids is 1. The van der Waals surface area contributed by atoms with Crippen molar-refractivity contribution in [1.29, 1.82) is 0 Å². The lowest BCUT2D eigenvalue weighted by molar-refractivity contribution is -0.115. The molecule has 14 heavy (non-hydrogen) atoms. The number of amides is 1. The van der Waals surface area contributed by atoms with E-state index in [1.54, 1.807) is 12.1 Å². The predicted molar refractivity (Wildman–Crippen MR) is 62.5 cm³/mol. The number of para-hydroxylation sites is 2. The number of nitrogens with two attached hydrogens (primary N) is 1. The maximum Gasteiger partial charge on any atom is 0.237 e. The van der Waals surface area contributed by atoms with Crippen molar-refractivity contribution in [3.05, 3.63) is 24.3 Å². The molecule has 1 atom stereocenters. The second-order valence-electron chi connectivity index (χ2n) is 2.95. The molecule has 1 amide bonds. The standard InChI is InChI=1S/C10H14N2OS/c1-7(14-2)10(13)12-9-6-4-3-5-8(9)11/h3-7H,11H2,1-2H3,(H,12,13). The molecular weight excluding hydrogens is 196 g/mol. The van der Waals surface area contributed by atoms with Gasteiger partial charge in [-0.2, -0.15) is 11.8 Å². The Balaban J connectivity index is 2.70. The van der Waals surface area contributed by atoms with Gasteiger partial charge in [-0.05, 0) is 25.3 Å². The Labute approximate surface area is 88.1 Å². The number of benzene rings is 1. The summed E-state index contributed by atoms with van der Waals surface area (Å²) in [4.78, 5) is 11.5. The van der Waals surface area contributed by atoms with Crippen molar-refractivity contribution in [3.63, 3.8) is 0 Å². The van der Waals surface area contributed by atoms with Gasteiger partial charge in [0.05, 0.1) is 16.6 Å². The van der Waals surface area contributed by atoms with E-state index in [0.717, 1.165) is 0 Å². The van der Waals surface area contributed by atoms with E-state index in [9.17, 15) is 4.79 Å². The smallest absolute Gasteiger partial charge is 0.237 e. The van der Waals surface area contributed by atoms with Crippen molar-refractivity contribution < 1.29 is 4.79 Å². The molecule has 0 aliphatic carbocycles. The summed E-state index contributed by atoms with van der Waals surface area (Å²) < 4.78 is 0. The van der Waals surface area contributed by atoms with Gasteiger partial charge >= 0.3 is 0 Å². The lowest BCUT2D eigenvalue weighted by atomic mass is 10.2. The highest BCUT2D eigenvalue weighted by Gasteiger charge is 2.11. The quantitative estimate of drug-likeness (QED) is 0.750. The van der Waals surface area contributed by atoms with Gasteiger partial charge < -0.3 is 11.1 Å². The van der Waals surface area contributed by atoms with Crippen molar-refractivity contribution >= 4 is 29.0 Å². The van der Waals surface area contributed by atoms with Crippen molar-refractivity contribution in [2.45, 2.75) is 12.2 Å². The van der Waals surface area contributed by atoms with Gasteiger partial charge in [-0.15, -0.1) is 0 Å². The van der Waals surface area contributed by atoms with Crippen LogP contribution in [0.1, 0.15) is 6.92 Å². The zero-order valence-corrected chi connectivity index (χ0v) is 9.10.